The predicted molar refractivity (Wildman–Crippen MR) is 110 cm³/mol. The number of sulfonamides is 1. The Hall–Kier alpha value is -4.06. The lowest BCUT2D eigenvalue weighted by molar-refractivity contribution is 0.601. The highest BCUT2D eigenvalue weighted by atomic mass is 32.2. The first-order chi connectivity index (χ1) is 14.4. The SMILES string of the molecule is Cc1ccc(S(=O)(=O)Nc2cc3cn[nH]c3cn2)cc1-c1cnc2c(N)ncnn12. The number of hydrogen-bond donors (Lipinski definition) is 3. The van der Waals surface area contributed by atoms with Crippen molar-refractivity contribution in [2.24, 2.45) is 0 Å². The zero-order valence-corrected chi connectivity index (χ0v) is 16.4. The van der Waals surface area contributed by atoms with Gasteiger partial charge in [0.2, 0.25) is 0 Å². The van der Waals surface area contributed by atoms with Crippen LogP contribution in [0.2, 0.25) is 0 Å². The van der Waals surface area contributed by atoms with Gasteiger partial charge in [0.1, 0.15) is 12.1 Å². The molecule has 0 aliphatic rings. The van der Waals surface area contributed by atoms with Crippen molar-refractivity contribution >= 4 is 38.2 Å². The second-order valence-electron chi connectivity index (χ2n) is 6.63. The molecule has 0 amide bonds. The van der Waals surface area contributed by atoms with Crippen LogP contribution in [0.3, 0.4) is 0 Å². The third kappa shape index (κ3) is 2.90. The molecule has 1 aromatic carbocycles. The first-order valence-corrected chi connectivity index (χ1v) is 10.3. The van der Waals surface area contributed by atoms with Gasteiger partial charge in [-0.2, -0.15) is 10.2 Å². The number of benzene rings is 1. The number of aromatic amines is 1. The van der Waals surface area contributed by atoms with Crippen molar-refractivity contribution in [2.75, 3.05) is 10.5 Å². The van der Waals surface area contributed by atoms with Gasteiger partial charge in [0.05, 0.1) is 34.7 Å². The van der Waals surface area contributed by atoms with Gasteiger partial charge in [-0.15, -0.1) is 0 Å². The van der Waals surface area contributed by atoms with E-state index in [1.807, 2.05) is 6.92 Å². The highest BCUT2D eigenvalue weighted by Gasteiger charge is 2.19. The number of hydrogen-bond acceptors (Lipinski definition) is 8. The predicted octanol–water partition coefficient (Wildman–Crippen LogP) is 1.75. The summed E-state index contributed by atoms with van der Waals surface area (Å²) in [6, 6.07) is 6.43. The Labute approximate surface area is 170 Å². The molecule has 0 unspecified atom stereocenters. The Bertz CT molecular complexity index is 1520. The molecule has 0 saturated carbocycles. The number of fused-ring (bicyclic) bond motifs is 2. The number of aryl methyl sites for hydroxylation is 1. The molecule has 0 atom stereocenters. The van der Waals surface area contributed by atoms with Gasteiger partial charge in [-0.05, 0) is 30.7 Å². The lowest BCUT2D eigenvalue weighted by Crippen LogP contribution is -2.14. The standard InChI is InChI=1S/C18H15N9O2S/c1-10-2-3-12(5-13(10)15-8-21-18-17(19)22-9-24-27(15)18)30(28,29)26-16-4-11-6-23-25-14(11)7-20-16/h2-9H,1H3,(H,20,26)(H,23,25)(H2,19,22,24). The van der Waals surface area contributed by atoms with Gasteiger partial charge < -0.3 is 5.73 Å². The van der Waals surface area contributed by atoms with Gasteiger partial charge in [0, 0.05) is 10.9 Å². The third-order valence-corrected chi connectivity index (χ3v) is 6.04. The molecule has 0 aliphatic heterocycles. The number of nitrogens with two attached hydrogens (primary N) is 1. The number of imidazole rings is 1. The van der Waals surface area contributed by atoms with Crippen molar-refractivity contribution in [1.82, 2.24) is 34.8 Å². The minimum absolute atomic E-state index is 0.0779. The molecule has 30 heavy (non-hydrogen) atoms. The Morgan fingerprint density at radius 1 is 1.10 bits per heavy atom. The van der Waals surface area contributed by atoms with E-state index in [-0.39, 0.29) is 16.5 Å². The summed E-state index contributed by atoms with van der Waals surface area (Å²) in [5.41, 5.74) is 9.07. The van der Waals surface area contributed by atoms with Crippen LogP contribution in [0.1, 0.15) is 5.56 Å². The summed E-state index contributed by atoms with van der Waals surface area (Å²) in [4.78, 5) is 12.4. The molecule has 0 saturated heterocycles. The van der Waals surface area contributed by atoms with Crippen LogP contribution < -0.4 is 10.5 Å². The summed E-state index contributed by atoms with van der Waals surface area (Å²) in [5.74, 6) is 0.432. The lowest BCUT2D eigenvalue weighted by atomic mass is 10.1. The summed E-state index contributed by atoms with van der Waals surface area (Å²) in [5, 5.41) is 11.6. The Balaban J connectivity index is 1.57. The molecule has 150 valence electrons. The zero-order valence-electron chi connectivity index (χ0n) is 15.6. The number of rotatable bonds is 4. The van der Waals surface area contributed by atoms with Crippen molar-refractivity contribution in [1.29, 1.82) is 0 Å². The summed E-state index contributed by atoms with van der Waals surface area (Å²) in [7, 11) is -3.89. The Morgan fingerprint density at radius 2 is 1.97 bits per heavy atom. The fourth-order valence-electron chi connectivity index (χ4n) is 3.16. The van der Waals surface area contributed by atoms with Crippen LogP contribution in [-0.4, -0.2) is 43.2 Å². The van der Waals surface area contributed by atoms with Crippen LogP contribution in [0, 0.1) is 6.92 Å². The van der Waals surface area contributed by atoms with E-state index < -0.39 is 10.0 Å². The van der Waals surface area contributed by atoms with Gasteiger partial charge in [-0.3, -0.25) is 9.82 Å². The van der Waals surface area contributed by atoms with Crippen LogP contribution in [-0.2, 0) is 10.0 Å². The van der Waals surface area contributed by atoms with Crippen LogP contribution >= 0.6 is 0 Å². The lowest BCUT2D eigenvalue weighted by Gasteiger charge is -2.11. The van der Waals surface area contributed by atoms with E-state index >= 15 is 0 Å². The molecule has 0 bridgehead atoms. The van der Waals surface area contributed by atoms with Gasteiger partial charge in [0.25, 0.3) is 10.0 Å². The quantitative estimate of drug-likeness (QED) is 0.396. The first-order valence-electron chi connectivity index (χ1n) is 8.79. The van der Waals surface area contributed by atoms with E-state index in [9.17, 15) is 8.42 Å². The number of H-pyrrole nitrogens is 1. The average molecular weight is 421 g/mol. The molecule has 5 aromatic rings. The summed E-state index contributed by atoms with van der Waals surface area (Å²) in [6.45, 7) is 1.87. The summed E-state index contributed by atoms with van der Waals surface area (Å²) in [6.07, 6.45) is 6.02. The smallest absolute Gasteiger partial charge is 0.263 e. The molecule has 0 spiro atoms. The van der Waals surface area contributed by atoms with E-state index in [4.69, 9.17) is 5.73 Å². The zero-order chi connectivity index (χ0) is 20.9. The minimum Gasteiger partial charge on any atom is -0.381 e. The average Bonchev–Trinajstić information content (AvgIpc) is 3.35. The Morgan fingerprint density at radius 3 is 2.83 bits per heavy atom. The van der Waals surface area contributed by atoms with E-state index in [1.165, 1.54) is 23.1 Å². The van der Waals surface area contributed by atoms with Crippen LogP contribution in [0.15, 0.2) is 54.1 Å². The summed E-state index contributed by atoms with van der Waals surface area (Å²) < 4.78 is 30.0. The molecule has 12 heteroatoms. The van der Waals surface area contributed by atoms with Gasteiger partial charge in [-0.1, -0.05) is 6.07 Å². The van der Waals surface area contributed by atoms with E-state index in [0.29, 0.717) is 22.4 Å². The molecule has 4 heterocycles. The number of nitrogens with one attached hydrogen (secondary N) is 2. The van der Waals surface area contributed by atoms with Crippen LogP contribution in [0.25, 0.3) is 27.8 Å². The van der Waals surface area contributed by atoms with Gasteiger partial charge in [-0.25, -0.2) is 27.9 Å². The number of nitrogen functional groups attached to an aromatic ring is 1. The Kier molecular flexibility index (Phi) is 3.89. The second kappa shape index (κ2) is 6.49. The third-order valence-electron chi connectivity index (χ3n) is 4.69. The first kappa shape index (κ1) is 18.0. The molecule has 0 radical (unpaired) electrons. The molecule has 4 aromatic heterocycles. The van der Waals surface area contributed by atoms with E-state index in [1.54, 1.807) is 30.6 Å². The topological polar surface area (TPSA) is 157 Å². The van der Waals surface area contributed by atoms with Crippen molar-refractivity contribution in [3.8, 4) is 11.3 Å². The molecule has 11 nitrogen and oxygen atoms in total. The van der Waals surface area contributed by atoms with Crippen LogP contribution in [0.5, 0.6) is 0 Å². The molecule has 0 fully saturated rings. The fraction of sp³-hybridized carbons (Fsp3) is 0.0556. The van der Waals surface area contributed by atoms with E-state index in [2.05, 4.69) is 35.0 Å². The van der Waals surface area contributed by atoms with E-state index in [0.717, 1.165) is 10.9 Å². The fourth-order valence-corrected chi connectivity index (χ4v) is 4.18. The maximum atomic E-state index is 13.0. The number of nitrogens with zero attached hydrogens (tertiary/aromatic N) is 6. The van der Waals surface area contributed by atoms with Gasteiger partial charge >= 0.3 is 0 Å². The molecular weight excluding hydrogens is 406 g/mol. The molecular formula is C18H15N9O2S. The molecule has 4 N–H and O–H groups in total. The number of aromatic nitrogens is 7. The largest absolute Gasteiger partial charge is 0.381 e. The van der Waals surface area contributed by atoms with Crippen molar-refractivity contribution in [2.45, 2.75) is 11.8 Å². The maximum Gasteiger partial charge on any atom is 0.263 e. The van der Waals surface area contributed by atoms with Gasteiger partial charge in [0.15, 0.2) is 11.5 Å². The van der Waals surface area contributed by atoms with Crippen molar-refractivity contribution in [3.63, 3.8) is 0 Å². The summed E-state index contributed by atoms with van der Waals surface area (Å²) >= 11 is 0. The minimum atomic E-state index is -3.89. The monoisotopic (exact) mass is 421 g/mol. The normalized spacial score (nSPS) is 11.9. The highest BCUT2D eigenvalue weighted by Crippen LogP contribution is 2.28. The highest BCUT2D eigenvalue weighted by molar-refractivity contribution is 7.92. The molecule has 0 aliphatic carbocycles. The molecule has 5 rings (SSSR count). The van der Waals surface area contributed by atoms with Crippen molar-refractivity contribution in [3.05, 3.63) is 54.7 Å². The number of anilines is 2. The number of pyridine rings is 1. The second-order valence-corrected chi connectivity index (χ2v) is 8.32. The maximum absolute atomic E-state index is 13.0. The van der Waals surface area contributed by atoms with Crippen molar-refractivity contribution < 1.29 is 8.42 Å². The van der Waals surface area contributed by atoms with Crippen LogP contribution in [0.4, 0.5) is 11.6 Å².